The van der Waals surface area contributed by atoms with Gasteiger partial charge in [0.1, 0.15) is 5.69 Å². The van der Waals surface area contributed by atoms with Crippen LogP contribution in [0.4, 0.5) is 24.5 Å². The summed E-state index contributed by atoms with van der Waals surface area (Å²) in [5, 5.41) is 6.69. The number of amides is 2. The first-order valence-electron chi connectivity index (χ1n) is 13.0. The highest BCUT2D eigenvalue weighted by atomic mass is 35.5. The van der Waals surface area contributed by atoms with Gasteiger partial charge in [-0.15, -0.1) is 0 Å². The van der Waals surface area contributed by atoms with Crippen LogP contribution in [0.5, 0.6) is 0 Å². The van der Waals surface area contributed by atoms with Crippen molar-refractivity contribution in [2.45, 2.75) is 32.7 Å². The van der Waals surface area contributed by atoms with Crippen LogP contribution in [-0.2, 0) is 4.79 Å². The van der Waals surface area contributed by atoms with E-state index in [2.05, 4.69) is 20.4 Å². The molecule has 1 saturated carbocycles. The summed E-state index contributed by atoms with van der Waals surface area (Å²) in [6.45, 7) is 4.72. The van der Waals surface area contributed by atoms with E-state index < -0.39 is 29.3 Å². The minimum atomic E-state index is -2.99. The van der Waals surface area contributed by atoms with Gasteiger partial charge >= 0.3 is 0 Å². The lowest BCUT2D eigenvalue weighted by atomic mass is 10.0. The smallest absolute Gasteiger partial charge is 0.275 e. The number of alkyl halides is 2. The predicted molar refractivity (Wildman–Crippen MR) is 147 cm³/mol. The van der Waals surface area contributed by atoms with E-state index in [1.807, 2.05) is 36.9 Å². The molecule has 3 heterocycles. The normalized spacial score (nSPS) is 18.5. The molecule has 6 rings (SSSR count). The Morgan fingerprint density at radius 1 is 1.15 bits per heavy atom. The summed E-state index contributed by atoms with van der Waals surface area (Å²) in [5.74, 6) is -0.876. The van der Waals surface area contributed by atoms with Crippen LogP contribution >= 0.6 is 11.6 Å². The molecule has 1 N–H and O–H groups in total. The van der Waals surface area contributed by atoms with Gasteiger partial charge in [-0.25, -0.2) is 18.2 Å². The first kappa shape index (κ1) is 26.9. The molecule has 1 unspecified atom stereocenters. The highest BCUT2D eigenvalue weighted by molar-refractivity contribution is 6.31. The maximum Gasteiger partial charge on any atom is 0.275 e. The summed E-state index contributed by atoms with van der Waals surface area (Å²) >= 11 is 5.81. The number of fused-ring (bicyclic) bond motifs is 1. The molecule has 1 saturated heterocycles. The standard InChI is InChI=1S/C29H24ClF3N6O2/c1-14-7-18(38-12-16-8-21(16)29(38)41)3-4-19(14)15(2)39-13-17(9-35-39)36-28(40)24-11-34-10-23(37-24)25-20(27(32)33)5-6-22(30)26(25)31/h3-7,9-11,13,15-16,21,27H,8,12H2,1-2H3,(H,36,40)/t15?,16-,21-/m1/s1. The summed E-state index contributed by atoms with van der Waals surface area (Å²) < 4.78 is 43.5. The van der Waals surface area contributed by atoms with Crippen LogP contribution in [0.15, 0.2) is 55.1 Å². The van der Waals surface area contributed by atoms with Crippen LogP contribution in [0.2, 0.25) is 5.02 Å². The molecule has 1 aliphatic heterocycles. The second-order valence-electron chi connectivity index (χ2n) is 10.3. The minimum absolute atomic E-state index is 0.181. The highest BCUT2D eigenvalue weighted by Crippen LogP contribution is 2.47. The first-order chi connectivity index (χ1) is 19.6. The van der Waals surface area contributed by atoms with Crippen LogP contribution in [-0.4, -0.2) is 38.1 Å². The lowest BCUT2D eigenvalue weighted by molar-refractivity contribution is -0.118. The Labute approximate surface area is 238 Å². The molecule has 8 nitrogen and oxygen atoms in total. The fraction of sp³-hybridized carbons (Fsp3) is 0.276. The van der Waals surface area contributed by atoms with Crippen LogP contribution in [0.1, 0.15) is 53.0 Å². The van der Waals surface area contributed by atoms with Crippen molar-refractivity contribution in [1.82, 2.24) is 19.7 Å². The van der Waals surface area contributed by atoms with Crippen molar-refractivity contribution in [2.24, 2.45) is 11.8 Å². The molecule has 1 aliphatic carbocycles. The molecule has 41 heavy (non-hydrogen) atoms. The largest absolute Gasteiger partial charge is 0.318 e. The Morgan fingerprint density at radius 3 is 2.63 bits per heavy atom. The summed E-state index contributed by atoms with van der Waals surface area (Å²) in [4.78, 5) is 35.2. The second-order valence-corrected chi connectivity index (χ2v) is 10.8. The Balaban J connectivity index is 1.18. The van der Waals surface area contributed by atoms with Crippen molar-refractivity contribution >= 4 is 34.8 Å². The van der Waals surface area contributed by atoms with Crippen molar-refractivity contribution in [3.8, 4) is 11.3 Å². The lowest BCUT2D eigenvalue weighted by Crippen LogP contribution is -2.28. The summed E-state index contributed by atoms with van der Waals surface area (Å²) in [7, 11) is 0. The SMILES string of the molecule is Cc1cc(N2C[C@H]3C[C@H]3C2=O)ccc1C(C)n1cc(NC(=O)c2cncc(-c3c(C(F)F)ccc(Cl)c3F)n2)cn1. The third-order valence-corrected chi connectivity index (χ3v) is 7.97. The highest BCUT2D eigenvalue weighted by Gasteiger charge is 2.52. The molecule has 3 atom stereocenters. The Hall–Kier alpha value is -4.25. The first-order valence-corrected chi connectivity index (χ1v) is 13.4. The molecule has 2 amide bonds. The fourth-order valence-electron chi connectivity index (χ4n) is 5.36. The van der Waals surface area contributed by atoms with Gasteiger partial charge in [0.05, 0.1) is 41.0 Å². The van der Waals surface area contributed by atoms with Crippen LogP contribution in [0, 0.1) is 24.6 Å². The molecule has 2 aliphatic rings. The van der Waals surface area contributed by atoms with E-state index in [4.69, 9.17) is 11.6 Å². The average Bonchev–Trinajstić information content (AvgIpc) is 3.45. The third-order valence-electron chi connectivity index (χ3n) is 7.68. The number of carbonyl (C=O) groups is 2. The minimum Gasteiger partial charge on any atom is -0.318 e. The van der Waals surface area contributed by atoms with Crippen molar-refractivity contribution in [3.63, 3.8) is 0 Å². The van der Waals surface area contributed by atoms with Gasteiger partial charge in [0.25, 0.3) is 12.3 Å². The molecular weight excluding hydrogens is 557 g/mol. The van der Waals surface area contributed by atoms with E-state index in [0.717, 1.165) is 54.3 Å². The van der Waals surface area contributed by atoms with Crippen molar-refractivity contribution in [2.75, 3.05) is 16.8 Å². The zero-order chi connectivity index (χ0) is 29.0. The number of halogens is 4. The average molecular weight is 581 g/mol. The number of anilines is 2. The zero-order valence-electron chi connectivity index (χ0n) is 22.0. The van der Waals surface area contributed by atoms with E-state index >= 15 is 0 Å². The van der Waals surface area contributed by atoms with E-state index in [1.54, 1.807) is 10.9 Å². The van der Waals surface area contributed by atoms with Gasteiger partial charge in [0.15, 0.2) is 5.82 Å². The van der Waals surface area contributed by atoms with Gasteiger partial charge in [-0.3, -0.25) is 19.3 Å². The molecule has 0 bridgehead atoms. The number of hydrogen-bond acceptors (Lipinski definition) is 5. The molecule has 2 aromatic carbocycles. The van der Waals surface area contributed by atoms with Gasteiger partial charge < -0.3 is 10.2 Å². The maximum atomic E-state index is 14.7. The lowest BCUT2D eigenvalue weighted by Gasteiger charge is -2.21. The molecule has 12 heteroatoms. The van der Waals surface area contributed by atoms with Gasteiger partial charge in [-0.2, -0.15) is 5.10 Å². The number of aryl methyl sites for hydroxylation is 1. The molecule has 0 radical (unpaired) electrons. The predicted octanol–water partition coefficient (Wildman–Crippen LogP) is 6.22. The van der Waals surface area contributed by atoms with Crippen LogP contribution in [0.25, 0.3) is 11.3 Å². The van der Waals surface area contributed by atoms with E-state index in [-0.39, 0.29) is 34.3 Å². The second kappa shape index (κ2) is 10.3. The summed E-state index contributed by atoms with van der Waals surface area (Å²) in [6.07, 6.45) is 3.37. The van der Waals surface area contributed by atoms with Crippen molar-refractivity contribution in [3.05, 3.63) is 88.3 Å². The topological polar surface area (TPSA) is 93.0 Å². The van der Waals surface area contributed by atoms with Crippen molar-refractivity contribution in [1.29, 1.82) is 0 Å². The Bertz CT molecular complexity index is 1690. The van der Waals surface area contributed by atoms with Gasteiger partial charge in [0, 0.05) is 35.5 Å². The molecular formula is C29H24ClF3N6O2. The van der Waals surface area contributed by atoms with Crippen LogP contribution < -0.4 is 10.2 Å². The Morgan fingerprint density at radius 2 is 1.93 bits per heavy atom. The van der Waals surface area contributed by atoms with Crippen molar-refractivity contribution < 1.29 is 22.8 Å². The zero-order valence-corrected chi connectivity index (χ0v) is 22.7. The number of nitrogens with zero attached hydrogens (tertiary/aromatic N) is 5. The molecule has 4 aromatic rings. The number of hydrogen-bond donors (Lipinski definition) is 1. The summed E-state index contributed by atoms with van der Waals surface area (Å²) in [6, 6.07) is 7.81. The van der Waals surface area contributed by atoms with Gasteiger partial charge in [-0.1, -0.05) is 23.7 Å². The van der Waals surface area contributed by atoms with E-state index in [1.165, 1.54) is 6.20 Å². The number of benzene rings is 2. The van der Waals surface area contributed by atoms with E-state index in [0.29, 0.717) is 11.6 Å². The molecule has 2 aromatic heterocycles. The van der Waals surface area contributed by atoms with Crippen LogP contribution in [0.3, 0.4) is 0 Å². The number of carbonyl (C=O) groups excluding carboxylic acids is 2. The van der Waals surface area contributed by atoms with Gasteiger partial charge in [0.2, 0.25) is 5.91 Å². The number of piperidine rings is 1. The number of rotatable bonds is 7. The van der Waals surface area contributed by atoms with E-state index in [9.17, 15) is 22.8 Å². The molecule has 2 fully saturated rings. The van der Waals surface area contributed by atoms with Gasteiger partial charge in [-0.05, 0) is 55.5 Å². The fourth-order valence-corrected chi connectivity index (χ4v) is 5.52. The Kier molecular flexibility index (Phi) is 6.77. The number of nitrogens with one attached hydrogen (secondary N) is 1. The number of aromatic nitrogens is 4. The molecule has 210 valence electrons. The third kappa shape index (κ3) is 4.94. The molecule has 0 spiro atoms. The quantitative estimate of drug-likeness (QED) is 0.280. The monoisotopic (exact) mass is 580 g/mol. The maximum absolute atomic E-state index is 14.7. The summed E-state index contributed by atoms with van der Waals surface area (Å²) in [5.41, 5.74) is 1.70.